The van der Waals surface area contributed by atoms with E-state index in [9.17, 15) is 9.59 Å². The number of halogens is 2. The van der Waals surface area contributed by atoms with Gasteiger partial charge in [-0.1, -0.05) is 56.2 Å². The molecule has 2 aromatic heterocycles. The van der Waals surface area contributed by atoms with Crippen LogP contribution in [-0.2, 0) is 11.2 Å². The van der Waals surface area contributed by atoms with Crippen LogP contribution in [0.3, 0.4) is 0 Å². The van der Waals surface area contributed by atoms with Crippen LogP contribution in [-0.4, -0.2) is 40.3 Å². The first-order chi connectivity index (χ1) is 18.4. The molecule has 7 rings (SSSR count). The Hall–Kier alpha value is -3.62. The number of ether oxygens (including phenoxy) is 1. The SMILES string of the molecule is COC1=CC=CC(CN2C(=O)c3c(c4c5cc(Br)ccc5[nH]c4c4[nH]c5c(c34)CC=C(Br)C=C5)C2=O)C=C1. The van der Waals surface area contributed by atoms with E-state index in [1.165, 1.54) is 4.90 Å². The van der Waals surface area contributed by atoms with Crippen LogP contribution in [0.25, 0.3) is 38.8 Å². The smallest absolute Gasteiger partial charge is 0.262 e. The number of benzene rings is 2. The highest BCUT2D eigenvalue weighted by molar-refractivity contribution is 9.12. The Labute approximate surface area is 234 Å². The number of H-pyrrole nitrogens is 2. The summed E-state index contributed by atoms with van der Waals surface area (Å²) in [7, 11) is 1.62. The molecule has 3 heterocycles. The van der Waals surface area contributed by atoms with Crippen molar-refractivity contribution in [3.05, 3.63) is 97.8 Å². The first kappa shape index (κ1) is 23.5. The van der Waals surface area contributed by atoms with Gasteiger partial charge in [0.15, 0.2) is 0 Å². The molecule has 0 spiro atoms. The number of aromatic nitrogens is 2. The first-order valence-electron chi connectivity index (χ1n) is 12.3. The number of allylic oxidation sites excluding steroid dienone is 6. The molecule has 3 aliphatic rings. The fourth-order valence-electron chi connectivity index (χ4n) is 5.72. The summed E-state index contributed by atoms with van der Waals surface area (Å²) in [6.07, 6.45) is 16.3. The lowest BCUT2D eigenvalue weighted by Crippen LogP contribution is -2.33. The van der Waals surface area contributed by atoms with Crippen LogP contribution in [0.4, 0.5) is 0 Å². The Bertz CT molecular complexity index is 1880. The van der Waals surface area contributed by atoms with Crippen molar-refractivity contribution in [2.45, 2.75) is 6.42 Å². The maximum atomic E-state index is 14.1. The third-order valence-electron chi connectivity index (χ3n) is 7.48. The Balaban J connectivity index is 1.48. The second-order valence-electron chi connectivity index (χ2n) is 9.61. The van der Waals surface area contributed by atoms with Crippen LogP contribution in [0.5, 0.6) is 0 Å². The second kappa shape index (κ2) is 8.71. The van der Waals surface area contributed by atoms with E-state index in [-0.39, 0.29) is 24.3 Å². The number of rotatable bonds is 3. The summed E-state index contributed by atoms with van der Waals surface area (Å²) in [6, 6.07) is 5.96. The highest BCUT2D eigenvalue weighted by Crippen LogP contribution is 2.44. The lowest BCUT2D eigenvalue weighted by atomic mass is 9.95. The van der Waals surface area contributed by atoms with E-state index in [1.807, 2.05) is 60.7 Å². The normalized spacial score (nSPS) is 18.7. The quantitative estimate of drug-likeness (QED) is 0.234. The van der Waals surface area contributed by atoms with Crippen LogP contribution < -0.4 is 0 Å². The lowest BCUT2D eigenvalue weighted by Gasteiger charge is -2.17. The number of hydrogen-bond acceptors (Lipinski definition) is 3. The minimum atomic E-state index is -0.264. The number of aromatic amines is 2. The molecule has 38 heavy (non-hydrogen) atoms. The van der Waals surface area contributed by atoms with Crippen molar-refractivity contribution in [1.82, 2.24) is 14.9 Å². The van der Waals surface area contributed by atoms with Crippen LogP contribution in [0.2, 0.25) is 0 Å². The lowest BCUT2D eigenvalue weighted by molar-refractivity contribution is 0.0647. The number of nitrogens with one attached hydrogen (secondary N) is 2. The monoisotopic (exact) mass is 629 g/mol. The molecule has 6 nitrogen and oxygen atoms in total. The summed E-state index contributed by atoms with van der Waals surface area (Å²) in [5.74, 6) is 0.0698. The van der Waals surface area contributed by atoms with Crippen molar-refractivity contribution in [1.29, 1.82) is 0 Å². The van der Waals surface area contributed by atoms with Gasteiger partial charge in [0.2, 0.25) is 0 Å². The Morgan fingerprint density at radius 2 is 1.79 bits per heavy atom. The molecule has 4 aromatic rings. The van der Waals surface area contributed by atoms with Crippen molar-refractivity contribution in [3.8, 4) is 0 Å². The van der Waals surface area contributed by atoms with E-state index < -0.39 is 0 Å². The molecule has 1 aliphatic heterocycles. The van der Waals surface area contributed by atoms with Gasteiger partial charge in [0.05, 0.1) is 29.3 Å². The summed E-state index contributed by atoms with van der Waals surface area (Å²) < 4.78 is 7.22. The molecular weight excluding hydrogens is 610 g/mol. The van der Waals surface area contributed by atoms with Crippen molar-refractivity contribution >= 4 is 82.5 Å². The van der Waals surface area contributed by atoms with Crippen molar-refractivity contribution < 1.29 is 14.3 Å². The molecule has 0 saturated heterocycles. The number of carbonyl (C=O) groups is 2. The summed E-state index contributed by atoms with van der Waals surface area (Å²) in [6.45, 7) is 0.247. The topological polar surface area (TPSA) is 78.2 Å². The molecule has 2 aliphatic carbocycles. The van der Waals surface area contributed by atoms with Gasteiger partial charge < -0.3 is 14.7 Å². The number of imide groups is 1. The van der Waals surface area contributed by atoms with Gasteiger partial charge in [-0.2, -0.15) is 0 Å². The van der Waals surface area contributed by atoms with E-state index in [0.29, 0.717) is 17.5 Å². The van der Waals surface area contributed by atoms with Crippen LogP contribution >= 0.6 is 31.9 Å². The molecule has 0 fully saturated rings. The summed E-state index contributed by atoms with van der Waals surface area (Å²) in [5.41, 5.74) is 5.49. The maximum absolute atomic E-state index is 14.1. The fraction of sp³-hybridized carbons (Fsp3) is 0.133. The number of hydrogen-bond donors (Lipinski definition) is 2. The maximum Gasteiger partial charge on any atom is 0.262 e. The minimum Gasteiger partial charge on any atom is -0.497 e. The highest BCUT2D eigenvalue weighted by atomic mass is 79.9. The Morgan fingerprint density at radius 1 is 1.00 bits per heavy atom. The van der Waals surface area contributed by atoms with Crippen molar-refractivity contribution in [3.63, 3.8) is 0 Å². The zero-order valence-electron chi connectivity index (χ0n) is 20.3. The molecule has 2 N–H and O–H groups in total. The van der Waals surface area contributed by atoms with E-state index in [1.54, 1.807) is 7.11 Å². The molecule has 1 atom stereocenters. The molecule has 1 unspecified atom stereocenters. The van der Waals surface area contributed by atoms with E-state index in [0.717, 1.165) is 58.7 Å². The Kier molecular flexibility index (Phi) is 5.39. The van der Waals surface area contributed by atoms with Gasteiger partial charge in [-0.25, -0.2) is 0 Å². The number of fused-ring (bicyclic) bond motifs is 10. The van der Waals surface area contributed by atoms with Crippen molar-refractivity contribution in [2.24, 2.45) is 5.92 Å². The minimum absolute atomic E-state index is 0.130. The molecule has 0 bridgehead atoms. The predicted octanol–water partition coefficient (Wildman–Crippen LogP) is 7.28. The molecule has 2 amide bonds. The number of carbonyl (C=O) groups excluding carboxylic acids is 2. The zero-order valence-corrected chi connectivity index (χ0v) is 23.4. The molecular formula is C30H21Br2N3O3. The van der Waals surface area contributed by atoms with E-state index in [4.69, 9.17) is 4.74 Å². The van der Waals surface area contributed by atoms with E-state index in [2.05, 4.69) is 47.9 Å². The number of amides is 2. The standard InChI is InChI=1S/C30H21Br2N3O3/c1-38-18-4-2-3-15(5-9-18)14-35-29(36)25-23-19-10-6-16(31)7-11-21(19)33-27(23)28-24(26(25)30(35)37)20-13-17(32)8-12-22(20)34-28/h2-9,11-13,15,33-34H,10,14H2,1H3. The number of methoxy groups -OCH3 is 1. The average Bonchev–Trinajstić information content (AvgIpc) is 3.39. The predicted molar refractivity (Wildman–Crippen MR) is 157 cm³/mol. The average molecular weight is 631 g/mol. The van der Waals surface area contributed by atoms with Gasteiger partial charge >= 0.3 is 0 Å². The van der Waals surface area contributed by atoms with Gasteiger partial charge in [0.25, 0.3) is 11.8 Å². The van der Waals surface area contributed by atoms with Gasteiger partial charge in [0.1, 0.15) is 5.76 Å². The third kappa shape index (κ3) is 3.43. The Morgan fingerprint density at radius 3 is 2.61 bits per heavy atom. The molecule has 188 valence electrons. The zero-order chi connectivity index (χ0) is 26.1. The third-order valence-corrected chi connectivity index (χ3v) is 8.56. The second-order valence-corrected chi connectivity index (χ2v) is 11.4. The van der Waals surface area contributed by atoms with Crippen LogP contribution in [0.15, 0.2) is 75.4 Å². The molecule has 0 saturated carbocycles. The summed E-state index contributed by atoms with van der Waals surface area (Å²) in [4.78, 5) is 36.8. The van der Waals surface area contributed by atoms with Crippen LogP contribution in [0.1, 0.15) is 32.0 Å². The van der Waals surface area contributed by atoms with Gasteiger partial charge in [0, 0.05) is 48.8 Å². The van der Waals surface area contributed by atoms with Crippen LogP contribution in [0, 0.1) is 5.92 Å². The van der Waals surface area contributed by atoms with Gasteiger partial charge in [-0.3, -0.25) is 14.5 Å². The first-order valence-corrected chi connectivity index (χ1v) is 13.8. The largest absolute Gasteiger partial charge is 0.497 e. The fourth-order valence-corrected chi connectivity index (χ4v) is 6.38. The number of nitrogens with zero attached hydrogens (tertiary/aromatic N) is 1. The van der Waals surface area contributed by atoms with Gasteiger partial charge in [-0.15, -0.1) is 0 Å². The van der Waals surface area contributed by atoms with E-state index >= 15 is 0 Å². The van der Waals surface area contributed by atoms with Gasteiger partial charge in [-0.05, 0) is 54.5 Å². The van der Waals surface area contributed by atoms with Crippen molar-refractivity contribution in [2.75, 3.05) is 13.7 Å². The molecule has 0 radical (unpaired) electrons. The summed E-state index contributed by atoms with van der Waals surface area (Å²) >= 11 is 7.16. The molecule has 2 aromatic carbocycles. The molecule has 8 heteroatoms. The summed E-state index contributed by atoms with van der Waals surface area (Å²) in [5, 5.41) is 2.49. The highest BCUT2D eigenvalue weighted by Gasteiger charge is 2.41.